The van der Waals surface area contributed by atoms with Gasteiger partial charge in [-0.25, -0.2) is 0 Å². The van der Waals surface area contributed by atoms with Crippen molar-refractivity contribution in [2.75, 3.05) is 19.6 Å². The summed E-state index contributed by atoms with van der Waals surface area (Å²) in [6, 6.07) is 0. The average molecular weight is 211 g/mol. The highest BCUT2D eigenvalue weighted by molar-refractivity contribution is 8.16. The smallest absolute Gasteiger partial charge is 0.225 e. The van der Waals surface area contributed by atoms with Crippen LogP contribution < -0.4 is 5.32 Å². The minimum absolute atomic E-state index is 0.0903. The highest BCUT2D eigenvalue weighted by Crippen LogP contribution is 2.30. The van der Waals surface area contributed by atoms with Gasteiger partial charge in [0.25, 0.3) is 0 Å². The second-order valence-corrected chi connectivity index (χ2v) is 4.01. The number of amides is 1. The first-order chi connectivity index (χ1) is 6.81. The minimum Gasteiger partial charge on any atom is -0.356 e. The fraction of sp³-hybridized carbons (Fsp3) is 0.556. The Hall–Kier alpha value is -0.970. The fourth-order valence-electron chi connectivity index (χ4n) is 1.54. The Morgan fingerprint density at radius 2 is 2.64 bits per heavy atom. The maximum atomic E-state index is 11.4. The van der Waals surface area contributed by atoms with Crippen molar-refractivity contribution in [3.05, 3.63) is 11.1 Å². The van der Waals surface area contributed by atoms with Crippen molar-refractivity contribution in [3.8, 4) is 0 Å². The molecule has 2 rings (SSSR count). The minimum atomic E-state index is 0.0903. The van der Waals surface area contributed by atoms with Gasteiger partial charge in [0.1, 0.15) is 0 Å². The summed E-state index contributed by atoms with van der Waals surface area (Å²) in [5.41, 5.74) is 1.08. The predicted octanol–water partition coefficient (Wildman–Crippen LogP) is 0.772. The van der Waals surface area contributed by atoms with Gasteiger partial charge in [-0.05, 0) is 12.3 Å². The van der Waals surface area contributed by atoms with Crippen molar-refractivity contribution in [3.63, 3.8) is 0 Å². The molecule has 0 saturated heterocycles. The van der Waals surface area contributed by atoms with Crippen LogP contribution in [-0.2, 0) is 4.79 Å². The zero-order valence-corrected chi connectivity index (χ0v) is 8.93. The van der Waals surface area contributed by atoms with Gasteiger partial charge in [-0.3, -0.25) is 9.79 Å². The largest absolute Gasteiger partial charge is 0.356 e. The molecule has 0 atom stereocenters. The lowest BCUT2D eigenvalue weighted by Crippen LogP contribution is -2.28. The van der Waals surface area contributed by atoms with E-state index in [1.807, 2.05) is 12.3 Å². The van der Waals surface area contributed by atoms with Crippen molar-refractivity contribution in [1.29, 1.82) is 0 Å². The maximum Gasteiger partial charge on any atom is 0.225 e. The zero-order chi connectivity index (χ0) is 9.97. The van der Waals surface area contributed by atoms with E-state index in [0.29, 0.717) is 13.0 Å². The van der Waals surface area contributed by atoms with Gasteiger partial charge in [0, 0.05) is 18.8 Å². The molecule has 2 aliphatic heterocycles. The normalized spacial score (nSPS) is 19.1. The number of nitrogens with zero attached hydrogens (tertiary/aromatic N) is 2. The molecule has 1 amide bonds. The highest BCUT2D eigenvalue weighted by Gasteiger charge is 2.26. The number of aliphatic imine (C=N–C) groups is 1. The molecule has 2 aliphatic rings. The molecule has 0 bridgehead atoms. The van der Waals surface area contributed by atoms with E-state index in [2.05, 4.69) is 15.2 Å². The molecule has 2 heterocycles. The lowest BCUT2D eigenvalue weighted by molar-refractivity contribution is -0.120. The summed E-state index contributed by atoms with van der Waals surface area (Å²) in [7, 11) is 0. The summed E-state index contributed by atoms with van der Waals surface area (Å²) >= 11 is 1.62. The van der Waals surface area contributed by atoms with Crippen LogP contribution in [0.25, 0.3) is 0 Å². The monoisotopic (exact) mass is 211 g/mol. The number of hydrogen-bond donors (Lipinski definition) is 1. The molecule has 0 aromatic carbocycles. The summed E-state index contributed by atoms with van der Waals surface area (Å²) in [5.74, 6) is 0.0903. The molecular weight excluding hydrogens is 198 g/mol. The summed E-state index contributed by atoms with van der Waals surface area (Å²) in [5, 5.41) is 5.86. The summed E-state index contributed by atoms with van der Waals surface area (Å²) < 4.78 is 0. The van der Waals surface area contributed by atoms with Crippen molar-refractivity contribution >= 4 is 22.8 Å². The Kier molecular flexibility index (Phi) is 2.77. The summed E-state index contributed by atoms with van der Waals surface area (Å²) in [6.07, 6.45) is 0.472. The van der Waals surface area contributed by atoms with Crippen LogP contribution in [0.15, 0.2) is 16.1 Å². The zero-order valence-electron chi connectivity index (χ0n) is 8.12. The molecule has 0 unspecified atom stereocenters. The van der Waals surface area contributed by atoms with Gasteiger partial charge < -0.3 is 10.2 Å². The molecule has 0 radical (unpaired) electrons. The van der Waals surface area contributed by atoms with E-state index >= 15 is 0 Å². The van der Waals surface area contributed by atoms with Crippen LogP contribution >= 0.6 is 11.8 Å². The first kappa shape index (κ1) is 9.58. The summed E-state index contributed by atoms with van der Waals surface area (Å²) in [6.45, 7) is 4.40. The van der Waals surface area contributed by atoms with Gasteiger partial charge >= 0.3 is 0 Å². The Morgan fingerprint density at radius 3 is 3.43 bits per heavy atom. The number of rotatable bonds is 3. The molecule has 4 nitrogen and oxygen atoms in total. The third kappa shape index (κ3) is 1.77. The van der Waals surface area contributed by atoms with Crippen molar-refractivity contribution in [2.45, 2.75) is 13.3 Å². The van der Waals surface area contributed by atoms with E-state index in [-0.39, 0.29) is 5.91 Å². The first-order valence-electron chi connectivity index (χ1n) is 4.75. The SMILES string of the molecule is CCNC(=O)CC1=CSC2=NCCN12. The number of fused-ring (bicyclic) bond motifs is 1. The number of hydrogen-bond acceptors (Lipinski definition) is 4. The standard InChI is InChI=1S/C9H13N3OS/c1-2-10-8(13)5-7-6-14-9-11-3-4-12(7)9/h6H,2-5H2,1H3,(H,10,13). The predicted molar refractivity (Wildman–Crippen MR) is 58.0 cm³/mol. The van der Waals surface area contributed by atoms with E-state index in [1.165, 1.54) is 0 Å². The van der Waals surface area contributed by atoms with Crippen LogP contribution in [0.1, 0.15) is 13.3 Å². The molecule has 0 fully saturated rings. The number of amidine groups is 1. The first-order valence-corrected chi connectivity index (χ1v) is 5.63. The lowest BCUT2D eigenvalue weighted by Gasteiger charge is -2.15. The molecule has 0 aliphatic carbocycles. The molecule has 0 spiro atoms. The molecule has 0 aromatic heterocycles. The van der Waals surface area contributed by atoms with Crippen LogP contribution in [0.3, 0.4) is 0 Å². The second kappa shape index (κ2) is 4.04. The van der Waals surface area contributed by atoms with Crippen LogP contribution in [0.2, 0.25) is 0 Å². The number of nitrogens with one attached hydrogen (secondary N) is 1. The topological polar surface area (TPSA) is 44.7 Å². The third-order valence-corrected chi connectivity index (χ3v) is 3.11. The average Bonchev–Trinajstić information content (AvgIpc) is 2.70. The van der Waals surface area contributed by atoms with Crippen LogP contribution in [0, 0.1) is 0 Å². The van der Waals surface area contributed by atoms with Gasteiger partial charge in [0.15, 0.2) is 5.17 Å². The molecule has 1 N–H and O–H groups in total. The van der Waals surface area contributed by atoms with Crippen LogP contribution in [0.5, 0.6) is 0 Å². The van der Waals surface area contributed by atoms with Gasteiger partial charge in [-0.1, -0.05) is 11.8 Å². The van der Waals surface area contributed by atoms with E-state index in [1.54, 1.807) is 11.8 Å². The molecule has 5 heteroatoms. The maximum absolute atomic E-state index is 11.4. The molecule has 14 heavy (non-hydrogen) atoms. The van der Waals surface area contributed by atoms with Gasteiger partial charge in [-0.15, -0.1) is 0 Å². The number of thioether (sulfide) groups is 1. The molecule has 0 aromatic rings. The molecular formula is C9H13N3OS. The summed E-state index contributed by atoms with van der Waals surface area (Å²) in [4.78, 5) is 17.8. The van der Waals surface area contributed by atoms with E-state index < -0.39 is 0 Å². The van der Waals surface area contributed by atoms with E-state index in [9.17, 15) is 4.79 Å². The Labute approximate surface area is 87.4 Å². The number of carbonyl (C=O) groups is 1. The quantitative estimate of drug-likeness (QED) is 0.750. The molecule has 0 saturated carbocycles. The highest BCUT2D eigenvalue weighted by atomic mass is 32.2. The number of carbonyl (C=O) groups excluding carboxylic acids is 1. The Balaban J connectivity index is 1.93. The van der Waals surface area contributed by atoms with Crippen LogP contribution in [0.4, 0.5) is 0 Å². The second-order valence-electron chi connectivity index (χ2n) is 3.17. The van der Waals surface area contributed by atoms with Gasteiger partial charge in [-0.2, -0.15) is 0 Å². The molecule has 76 valence electrons. The van der Waals surface area contributed by atoms with Crippen molar-refractivity contribution in [2.24, 2.45) is 4.99 Å². The van der Waals surface area contributed by atoms with Crippen molar-refractivity contribution < 1.29 is 4.79 Å². The third-order valence-electron chi connectivity index (χ3n) is 2.16. The van der Waals surface area contributed by atoms with Crippen LogP contribution in [-0.4, -0.2) is 35.6 Å². The van der Waals surface area contributed by atoms with Crippen molar-refractivity contribution in [1.82, 2.24) is 10.2 Å². The lowest BCUT2D eigenvalue weighted by atomic mass is 10.3. The van der Waals surface area contributed by atoms with Gasteiger partial charge in [0.2, 0.25) is 5.91 Å². The Bertz CT molecular complexity index is 311. The Morgan fingerprint density at radius 1 is 1.79 bits per heavy atom. The van der Waals surface area contributed by atoms with E-state index in [4.69, 9.17) is 0 Å². The fourth-order valence-corrected chi connectivity index (χ4v) is 2.49. The van der Waals surface area contributed by atoms with Gasteiger partial charge in [0.05, 0.1) is 13.0 Å². The van der Waals surface area contributed by atoms with E-state index in [0.717, 1.165) is 24.0 Å².